The van der Waals surface area contributed by atoms with Crippen LogP contribution in [0.2, 0.25) is 0 Å². The number of pyridine rings is 1. The highest BCUT2D eigenvalue weighted by Gasteiger charge is 2.33. The van der Waals surface area contributed by atoms with Gasteiger partial charge in [-0.05, 0) is 30.5 Å². The van der Waals surface area contributed by atoms with E-state index in [9.17, 15) is 13.2 Å². The van der Waals surface area contributed by atoms with Crippen molar-refractivity contribution in [3.8, 4) is 0 Å². The number of aryl methyl sites for hydroxylation is 2. The van der Waals surface area contributed by atoms with Crippen molar-refractivity contribution in [3.05, 3.63) is 41.3 Å². The van der Waals surface area contributed by atoms with Gasteiger partial charge in [-0.3, -0.25) is 4.98 Å². The number of alkyl halides is 3. The zero-order chi connectivity index (χ0) is 16.9. The van der Waals surface area contributed by atoms with Gasteiger partial charge < -0.3 is 5.73 Å². The highest BCUT2D eigenvalue weighted by Crippen LogP contribution is 2.30. The van der Waals surface area contributed by atoms with E-state index in [4.69, 9.17) is 5.73 Å². The van der Waals surface area contributed by atoms with E-state index < -0.39 is 11.9 Å². The fraction of sp³-hybridized carbons (Fsp3) is 0.400. The maximum absolute atomic E-state index is 12.7. The first kappa shape index (κ1) is 17.5. The van der Waals surface area contributed by atoms with Crippen molar-refractivity contribution in [2.45, 2.75) is 37.5 Å². The Morgan fingerprint density at radius 2 is 1.96 bits per heavy atom. The molecule has 0 aliphatic rings. The Hall–Kier alpha value is -1.83. The van der Waals surface area contributed by atoms with Gasteiger partial charge in [0, 0.05) is 23.7 Å². The predicted molar refractivity (Wildman–Crippen MR) is 84.1 cm³/mol. The van der Waals surface area contributed by atoms with Crippen molar-refractivity contribution in [2.24, 2.45) is 0 Å². The minimum atomic E-state index is -4.53. The molecule has 2 aromatic heterocycles. The van der Waals surface area contributed by atoms with E-state index in [0.717, 1.165) is 36.4 Å². The largest absolute Gasteiger partial charge is 0.433 e. The molecule has 0 fully saturated rings. The monoisotopic (exact) mass is 342 g/mol. The molecular formula is C15H17F3N4S. The summed E-state index contributed by atoms with van der Waals surface area (Å²) < 4.78 is 38.1. The fourth-order valence-electron chi connectivity index (χ4n) is 2.01. The van der Waals surface area contributed by atoms with Crippen LogP contribution < -0.4 is 5.73 Å². The van der Waals surface area contributed by atoms with Crippen LogP contribution in [0.15, 0.2) is 29.6 Å². The smallest absolute Gasteiger partial charge is 0.384 e. The molecule has 0 saturated carbocycles. The second-order valence-corrected chi connectivity index (χ2v) is 6.02. The van der Waals surface area contributed by atoms with Crippen LogP contribution in [-0.2, 0) is 19.0 Å². The highest BCUT2D eigenvalue weighted by atomic mass is 32.2. The Morgan fingerprint density at radius 1 is 1.17 bits per heavy atom. The molecule has 0 aliphatic carbocycles. The van der Waals surface area contributed by atoms with E-state index in [1.54, 1.807) is 6.20 Å². The Bertz CT molecular complexity index is 661. The van der Waals surface area contributed by atoms with Crippen LogP contribution in [-0.4, -0.2) is 20.7 Å². The fourth-order valence-corrected chi connectivity index (χ4v) is 2.84. The molecule has 0 saturated heterocycles. The second-order valence-electron chi connectivity index (χ2n) is 4.96. The summed E-state index contributed by atoms with van der Waals surface area (Å²) in [5.41, 5.74) is 6.51. The predicted octanol–water partition coefficient (Wildman–Crippen LogP) is 3.76. The topological polar surface area (TPSA) is 64.7 Å². The van der Waals surface area contributed by atoms with E-state index in [-0.39, 0.29) is 11.0 Å². The molecular weight excluding hydrogens is 325 g/mol. The standard InChI is InChI=1S/C15H17F3N4S/c1-2-3-10-4-6-20-11(8-10)5-7-23-14-21-12(15(16,17)18)9-13(19)22-14/h4,6,8-9H,2-3,5,7H2,1H3,(H2,19,21,22). The van der Waals surface area contributed by atoms with Gasteiger partial charge in [0.25, 0.3) is 0 Å². The summed E-state index contributed by atoms with van der Waals surface area (Å²) in [4.78, 5) is 11.6. The molecule has 0 aliphatic heterocycles. The summed E-state index contributed by atoms with van der Waals surface area (Å²) in [6.45, 7) is 2.10. The van der Waals surface area contributed by atoms with Gasteiger partial charge in [0.05, 0.1) is 0 Å². The summed E-state index contributed by atoms with van der Waals surface area (Å²) in [6, 6.07) is 4.72. The van der Waals surface area contributed by atoms with Crippen molar-refractivity contribution >= 4 is 17.6 Å². The van der Waals surface area contributed by atoms with Gasteiger partial charge in [-0.1, -0.05) is 25.1 Å². The number of anilines is 1. The average molecular weight is 342 g/mol. The summed E-state index contributed by atoms with van der Waals surface area (Å²) in [5.74, 6) is 0.349. The molecule has 0 amide bonds. The Kier molecular flexibility index (Phi) is 5.81. The van der Waals surface area contributed by atoms with Gasteiger partial charge in [-0.2, -0.15) is 13.2 Å². The third-order valence-corrected chi connectivity index (χ3v) is 3.87. The van der Waals surface area contributed by atoms with Gasteiger partial charge in [-0.25, -0.2) is 9.97 Å². The lowest BCUT2D eigenvalue weighted by atomic mass is 10.1. The molecule has 2 heterocycles. The number of halogens is 3. The third kappa shape index (κ3) is 5.38. The van der Waals surface area contributed by atoms with Crippen molar-refractivity contribution in [1.82, 2.24) is 15.0 Å². The first-order valence-corrected chi connectivity index (χ1v) is 8.15. The molecule has 0 aromatic carbocycles. The molecule has 23 heavy (non-hydrogen) atoms. The van der Waals surface area contributed by atoms with Crippen molar-refractivity contribution < 1.29 is 13.2 Å². The van der Waals surface area contributed by atoms with Crippen molar-refractivity contribution in [1.29, 1.82) is 0 Å². The number of nitrogens with two attached hydrogens (primary N) is 1. The molecule has 0 atom stereocenters. The normalized spacial score (nSPS) is 11.7. The lowest BCUT2D eigenvalue weighted by Gasteiger charge is -2.08. The SMILES string of the molecule is CCCc1ccnc(CCSc2nc(N)cc(C(F)(F)F)n2)c1. The molecule has 4 nitrogen and oxygen atoms in total. The summed E-state index contributed by atoms with van der Waals surface area (Å²) in [7, 11) is 0. The number of aromatic nitrogens is 3. The lowest BCUT2D eigenvalue weighted by Crippen LogP contribution is -2.11. The minimum absolute atomic E-state index is 0.0297. The molecule has 2 rings (SSSR count). The van der Waals surface area contributed by atoms with Crippen LogP contribution in [0.5, 0.6) is 0 Å². The van der Waals surface area contributed by atoms with E-state index in [2.05, 4.69) is 21.9 Å². The van der Waals surface area contributed by atoms with Crippen LogP contribution in [0.3, 0.4) is 0 Å². The number of hydrogen-bond acceptors (Lipinski definition) is 5. The van der Waals surface area contributed by atoms with Gasteiger partial charge in [0.2, 0.25) is 0 Å². The molecule has 2 N–H and O–H groups in total. The summed E-state index contributed by atoms with van der Waals surface area (Å²) >= 11 is 1.14. The third-order valence-electron chi connectivity index (χ3n) is 3.02. The van der Waals surface area contributed by atoms with Gasteiger partial charge in [-0.15, -0.1) is 0 Å². The van der Waals surface area contributed by atoms with Crippen molar-refractivity contribution in [2.75, 3.05) is 11.5 Å². The first-order chi connectivity index (χ1) is 10.9. The lowest BCUT2D eigenvalue weighted by molar-refractivity contribution is -0.141. The molecule has 0 radical (unpaired) electrons. The van der Waals surface area contributed by atoms with Crippen LogP contribution in [0.4, 0.5) is 19.0 Å². The highest BCUT2D eigenvalue weighted by molar-refractivity contribution is 7.99. The molecule has 8 heteroatoms. The molecule has 0 spiro atoms. The quantitative estimate of drug-likeness (QED) is 0.640. The number of hydrogen-bond donors (Lipinski definition) is 1. The van der Waals surface area contributed by atoms with Crippen LogP contribution in [0.1, 0.15) is 30.3 Å². The summed E-state index contributed by atoms with van der Waals surface area (Å²) in [6.07, 6.45) is -0.112. The van der Waals surface area contributed by atoms with Gasteiger partial charge >= 0.3 is 6.18 Å². The van der Waals surface area contributed by atoms with Crippen molar-refractivity contribution in [3.63, 3.8) is 0 Å². The Morgan fingerprint density at radius 3 is 2.65 bits per heavy atom. The Labute approximate surface area is 136 Å². The van der Waals surface area contributed by atoms with E-state index in [0.29, 0.717) is 12.2 Å². The van der Waals surface area contributed by atoms with Crippen LogP contribution in [0.25, 0.3) is 0 Å². The minimum Gasteiger partial charge on any atom is -0.384 e. The number of nitrogens with zero attached hydrogens (tertiary/aromatic N) is 3. The second kappa shape index (κ2) is 7.63. The maximum Gasteiger partial charge on any atom is 0.433 e. The van der Waals surface area contributed by atoms with Crippen LogP contribution in [0, 0.1) is 0 Å². The Balaban J connectivity index is 1.99. The summed E-state index contributed by atoms with van der Waals surface area (Å²) in [5, 5.41) is 0.0297. The van der Waals surface area contributed by atoms with E-state index >= 15 is 0 Å². The van der Waals surface area contributed by atoms with E-state index in [1.165, 1.54) is 5.56 Å². The first-order valence-electron chi connectivity index (χ1n) is 7.17. The molecule has 0 bridgehead atoms. The van der Waals surface area contributed by atoms with Crippen LogP contribution >= 0.6 is 11.8 Å². The maximum atomic E-state index is 12.7. The number of nitrogen functional groups attached to an aromatic ring is 1. The molecule has 0 unspecified atom stereocenters. The molecule has 124 valence electrons. The van der Waals surface area contributed by atoms with E-state index in [1.807, 2.05) is 12.1 Å². The number of thioether (sulfide) groups is 1. The molecule has 2 aromatic rings. The van der Waals surface area contributed by atoms with Gasteiger partial charge in [0.1, 0.15) is 5.82 Å². The average Bonchev–Trinajstić information content (AvgIpc) is 2.46. The zero-order valence-corrected chi connectivity index (χ0v) is 13.4. The van der Waals surface area contributed by atoms with Gasteiger partial charge in [0.15, 0.2) is 10.9 Å². The number of rotatable bonds is 6. The zero-order valence-electron chi connectivity index (χ0n) is 12.6.